The molecule has 0 spiro atoms. The van der Waals surface area contributed by atoms with Gasteiger partial charge in [0.25, 0.3) is 0 Å². The first-order chi connectivity index (χ1) is 7.97. The maximum Gasteiger partial charge on any atom is 0.235 e. The Kier molecular flexibility index (Phi) is 5.31. The molecule has 1 rings (SSSR count). The smallest absolute Gasteiger partial charge is 0.235 e. The molecule has 0 bridgehead atoms. The van der Waals surface area contributed by atoms with Gasteiger partial charge in [-0.25, -0.2) is 0 Å². The number of nitrogens with zero attached hydrogens (tertiary/aromatic N) is 2. The Bertz CT molecular complexity index is 288. The summed E-state index contributed by atoms with van der Waals surface area (Å²) < 4.78 is 0. The van der Waals surface area contributed by atoms with Crippen LogP contribution in [-0.2, 0) is 9.59 Å². The zero-order valence-corrected chi connectivity index (χ0v) is 11.9. The summed E-state index contributed by atoms with van der Waals surface area (Å²) in [5.74, 6) is 0.327. The van der Waals surface area contributed by atoms with Crippen molar-refractivity contribution < 1.29 is 9.59 Å². The van der Waals surface area contributed by atoms with Crippen LogP contribution in [0.2, 0.25) is 0 Å². The van der Waals surface area contributed by atoms with Crippen molar-refractivity contribution in [3.05, 3.63) is 0 Å². The lowest BCUT2D eigenvalue weighted by molar-refractivity contribution is -0.133. The van der Waals surface area contributed by atoms with Gasteiger partial charge in [0, 0.05) is 33.1 Å². The normalized spacial score (nSPS) is 18.9. The fourth-order valence-electron chi connectivity index (χ4n) is 2.09. The molecule has 1 atom stereocenters. The average Bonchev–Trinajstić information content (AvgIpc) is 2.36. The molecular weight excluding hydrogens is 236 g/mol. The Labute approximate surface area is 108 Å². The summed E-state index contributed by atoms with van der Waals surface area (Å²) >= 11 is 1.58. The van der Waals surface area contributed by atoms with Crippen molar-refractivity contribution in [3.8, 4) is 0 Å². The third kappa shape index (κ3) is 3.63. The van der Waals surface area contributed by atoms with Gasteiger partial charge in [0.2, 0.25) is 11.8 Å². The number of rotatable bonds is 3. The van der Waals surface area contributed by atoms with Gasteiger partial charge in [0.1, 0.15) is 0 Å². The van der Waals surface area contributed by atoms with E-state index in [1.54, 1.807) is 23.6 Å². The molecule has 0 saturated carbocycles. The minimum atomic E-state index is 0.0390. The lowest BCUT2D eigenvalue weighted by atomic mass is 10.0. The molecule has 0 aromatic rings. The minimum Gasteiger partial charge on any atom is -0.343 e. The van der Waals surface area contributed by atoms with Crippen LogP contribution < -0.4 is 0 Å². The summed E-state index contributed by atoms with van der Waals surface area (Å²) in [4.78, 5) is 26.9. The van der Waals surface area contributed by atoms with E-state index in [4.69, 9.17) is 0 Å². The molecule has 1 fully saturated rings. The van der Waals surface area contributed by atoms with Gasteiger partial charge in [0.15, 0.2) is 0 Å². The second kappa shape index (κ2) is 6.28. The highest BCUT2D eigenvalue weighted by atomic mass is 32.2. The highest BCUT2D eigenvalue weighted by Crippen LogP contribution is 2.18. The summed E-state index contributed by atoms with van der Waals surface area (Å²) in [6.45, 7) is 5.08. The number of carbonyl (C=O) groups is 2. The summed E-state index contributed by atoms with van der Waals surface area (Å²) in [6, 6.07) is 0.293. The second-order valence-corrected chi connectivity index (χ2v) is 5.74. The highest BCUT2D eigenvalue weighted by molar-refractivity contribution is 7.99. The number of likely N-dealkylation sites (tertiary alicyclic amines) is 1. The molecule has 5 heteroatoms. The van der Waals surface area contributed by atoms with Crippen LogP contribution in [0.25, 0.3) is 0 Å². The van der Waals surface area contributed by atoms with Crippen molar-refractivity contribution in [1.82, 2.24) is 9.80 Å². The maximum atomic E-state index is 12.0. The van der Waals surface area contributed by atoms with E-state index in [1.165, 1.54) is 0 Å². The summed E-state index contributed by atoms with van der Waals surface area (Å²) in [5, 5.41) is 0.0390. The molecule has 0 aliphatic carbocycles. The number of hydrogen-bond acceptors (Lipinski definition) is 3. The van der Waals surface area contributed by atoms with Gasteiger partial charge in [-0.3, -0.25) is 9.59 Å². The molecule has 0 aromatic heterocycles. The molecule has 98 valence electrons. The van der Waals surface area contributed by atoms with Crippen molar-refractivity contribution in [3.63, 3.8) is 0 Å². The zero-order valence-electron chi connectivity index (χ0n) is 11.1. The Hall–Kier alpha value is -0.710. The third-order valence-electron chi connectivity index (χ3n) is 3.52. The van der Waals surface area contributed by atoms with Crippen molar-refractivity contribution >= 4 is 23.6 Å². The number of hydrogen-bond donors (Lipinski definition) is 0. The Balaban J connectivity index is 2.45. The topological polar surface area (TPSA) is 40.6 Å². The van der Waals surface area contributed by atoms with Crippen molar-refractivity contribution in [2.45, 2.75) is 38.0 Å². The van der Waals surface area contributed by atoms with E-state index in [0.29, 0.717) is 6.04 Å². The molecule has 1 heterocycles. The molecule has 0 radical (unpaired) electrons. The van der Waals surface area contributed by atoms with E-state index in [9.17, 15) is 9.59 Å². The second-order valence-electron chi connectivity index (χ2n) is 4.56. The Morgan fingerprint density at radius 3 is 2.29 bits per heavy atom. The SMILES string of the molecule is CS[C@H](C)C(=O)N1CCC(N(C)C(C)=O)CC1. The first-order valence-electron chi connectivity index (χ1n) is 6.02. The van der Waals surface area contributed by atoms with Crippen LogP contribution in [-0.4, -0.2) is 59.3 Å². The van der Waals surface area contributed by atoms with Crippen LogP contribution in [0.15, 0.2) is 0 Å². The van der Waals surface area contributed by atoms with Crippen LogP contribution in [0.1, 0.15) is 26.7 Å². The van der Waals surface area contributed by atoms with Gasteiger partial charge >= 0.3 is 0 Å². The number of amides is 2. The van der Waals surface area contributed by atoms with E-state index < -0.39 is 0 Å². The standard InChI is InChI=1S/C12H22N2O2S/c1-9(17-4)12(16)14-7-5-11(6-8-14)13(3)10(2)15/h9,11H,5-8H2,1-4H3/t9-/m1/s1. The number of piperidine rings is 1. The van der Waals surface area contributed by atoms with Gasteiger partial charge in [-0.1, -0.05) is 0 Å². The van der Waals surface area contributed by atoms with E-state index >= 15 is 0 Å². The molecule has 0 unspecified atom stereocenters. The van der Waals surface area contributed by atoms with Gasteiger partial charge in [0.05, 0.1) is 5.25 Å². The van der Waals surface area contributed by atoms with E-state index in [2.05, 4.69) is 0 Å². The highest BCUT2D eigenvalue weighted by Gasteiger charge is 2.27. The average molecular weight is 258 g/mol. The first-order valence-corrected chi connectivity index (χ1v) is 7.31. The third-order valence-corrected chi connectivity index (χ3v) is 4.43. The summed E-state index contributed by atoms with van der Waals surface area (Å²) in [6.07, 6.45) is 3.74. The monoisotopic (exact) mass is 258 g/mol. The predicted molar refractivity (Wildman–Crippen MR) is 71.0 cm³/mol. The molecule has 1 aliphatic heterocycles. The van der Waals surface area contributed by atoms with E-state index in [1.807, 2.05) is 25.1 Å². The van der Waals surface area contributed by atoms with Gasteiger partial charge < -0.3 is 9.80 Å². The quantitative estimate of drug-likeness (QED) is 0.764. The fraction of sp³-hybridized carbons (Fsp3) is 0.833. The molecule has 0 aromatic carbocycles. The van der Waals surface area contributed by atoms with Crippen LogP contribution >= 0.6 is 11.8 Å². The fourth-order valence-corrected chi connectivity index (χ4v) is 2.44. The van der Waals surface area contributed by atoms with Crippen molar-refractivity contribution in [2.24, 2.45) is 0 Å². The van der Waals surface area contributed by atoms with Gasteiger partial charge in [-0.2, -0.15) is 11.8 Å². The first kappa shape index (κ1) is 14.4. The lowest BCUT2D eigenvalue weighted by Crippen LogP contribution is -2.48. The van der Waals surface area contributed by atoms with Crippen LogP contribution in [0.3, 0.4) is 0 Å². The molecule has 17 heavy (non-hydrogen) atoms. The molecule has 4 nitrogen and oxygen atoms in total. The number of thioether (sulfide) groups is 1. The molecule has 1 saturated heterocycles. The lowest BCUT2D eigenvalue weighted by Gasteiger charge is -2.37. The Morgan fingerprint density at radius 2 is 1.88 bits per heavy atom. The zero-order chi connectivity index (χ0) is 13.0. The van der Waals surface area contributed by atoms with Crippen LogP contribution in [0, 0.1) is 0 Å². The van der Waals surface area contributed by atoms with E-state index in [0.717, 1.165) is 25.9 Å². The van der Waals surface area contributed by atoms with Crippen molar-refractivity contribution in [1.29, 1.82) is 0 Å². The maximum absolute atomic E-state index is 12.0. The summed E-state index contributed by atoms with van der Waals surface area (Å²) in [7, 11) is 1.84. The van der Waals surface area contributed by atoms with Crippen molar-refractivity contribution in [2.75, 3.05) is 26.4 Å². The van der Waals surface area contributed by atoms with Crippen LogP contribution in [0.4, 0.5) is 0 Å². The minimum absolute atomic E-state index is 0.0390. The Morgan fingerprint density at radius 1 is 1.35 bits per heavy atom. The van der Waals surface area contributed by atoms with Gasteiger partial charge in [-0.15, -0.1) is 0 Å². The molecule has 2 amide bonds. The molecular formula is C12H22N2O2S. The molecule has 0 N–H and O–H groups in total. The molecule has 1 aliphatic rings. The summed E-state index contributed by atoms with van der Waals surface area (Å²) in [5.41, 5.74) is 0. The van der Waals surface area contributed by atoms with Gasteiger partial charge in [-0.05, 0) is 26.0 Å². The number of carbonyl (C=O) groups excluding carboxylic acids is 2. The predicted octanol–water partition coefficient (Wildman–Crippen LogP) is 1.21. The van der Waals surface area contributed by atoms with E-state index in [-0.39, 0.29) is 17.1 Å². The largest absolute Gasteiger partial charge is 0.343 e. The van der Waals surface area contributed by atoms with Crippen LogP contribution in [0.5, 0.6) is 0 Å².